The lowest BCUT2D eigenvalue weighted by Crippen LogP contribution is -2.43. The van der Waals surface area contributed by atoms with Crippen molar-refractivity contribution in [2.75, 3.05) is 20.8 Å². The van der Waals surface area contributed by atoms with E-state index >= 15 is 0 Å². The first-order valence-electron chi connectivity index (χ1n) is 11.1. The fraction of sp³-hybridized carbons (Fsp3) is 0.185. The Balaban J connectivity index is 1.21. The van der Waals surface area contributed by atoms with E-state index < -0.39 is 6.10 Å². The Morgan fingerprint density at radius 2 is 1.74 bits per heavy atom. The quantitative estimate of drug-likeness (QED) is 0.397. The summed E-state index contributed by atoms with van der Waals surface area (Å²) < 4.78 is 22.1. The van der Waals surface area contributed by atoms with Gasteiger partial charge in [-0.3, -0.25) is 4.79 Å². The number of thiazole rings is 1. The maximum atomic E-state index is 12.6. The molecule has 1 aliphatic rings. The third-order valence-corrected chi connectivity index (χ3v) is 6.54. The Morgan fingerprint density at radius 1 is 1.00 bits per heavy atom. The first-order chi connectivity index (χ1) is 17.1. The van der Waals surface area contributed by atoms with E-state index in [2.05, 4.69) is 5.32 Å². The number of ether oxygens (including phenoxy) is 4. The van der Waals surface area contributed by atoms with E-state index in [9.17, 15) is 4.79 Å². The van der Waals surface area contributed by atoms with E-state index in [0.717, 1.165) is 27.4 Å². The summed E-state index contributed by atoms with van der Waals surface area (Å²) in [7, 11) is 3.23. The number of carbonyl (C=O) groups is 1. The molecule has 3 aromatic carbocycles. The van der Waals surface area contributed by atoms with Crippen molar-refractivity contribution in [1.29, 1.82) is 0 Å². The summed E-state index contributed by atoms with van der Waals surface area (Å²) in [5.74, 6) is 2.38. The lowest BCUT2D eigenvalue weighted by Gasteiger charge is -2.25. The molecule has 0 saturated carbocycles. The van der Waals surface area contributed by atoms with Crippen molar-refractivity contribution in [3.05, 3.63) is 77.7 Å². The fourth-order valence-corrected chi connectivity index (χ4v) is 4.59. The molecule has 0 bridgehead atoms. The summed E-state index contributed by atoms with van der Waals surface area (Å²) in [5, 5.41) is 5.86. The second kappa shape index (κ2) is 10.1. The van der Waals surface area contributed by atoms with Gasteiger partial charge in [0, 0.05) is 23.1 Å². The fourth-order valence-electron chi connectivity index (χ4n) is 3.75. The molecule has 35 heavy (non-hydrogen) atoms. The van der Waals surface area contributed by atoms with Crippen LogP contribution in [-0.4, -0.2) is 37.8 Å². The standard InChI is InChI=1S/C27H24N2O5S/c1-31-21-12-11-19(13-24(21)32-2)20-16-35-27(29-20)18-9-7-17(8-10-18)14-28-26(30)25-15-33-22-5-3-4-6-23(22)34-25/h3-13,16,25H,14-15H2,1-2H3,(H,28,30). The molecule has 1 aliphatic heterocycles. The molecule has 178 valence electrons. The highest BCUT2D eigenvalue weighted by molar-refractivity contribution is 7.13. The SMILES string of the molecule is COc1ccc(-c2csc(-c3ccc(CNC(=O)C4COc5ccccc5O4)cc3)n2)cc1OC. The minimum absolute atomic E-state index is 0.189. The Bertz CT molecular complexity index is 1340. The number of nitrogens with zero attached hydrogens (tertiary/aromatic N) is 1. The number of fused-ring (bicyclic) bond motifs is 1. The van der Waals surface area contributed by atoms with E-state index in [-0.39, 0.29) is 12.5 Å². The van der Waals surface area contributed by atoms with Crippen LogP contribution < -0.4 is 24.3 Å². The van der Waals surface area contributed by atoms with Gasteiger partial charge in [-0.1, -0.05) is 36.4 Å². The van der Waals surface area contributed by atoms with Gasteiger partial charge >= 0.3 is 0 Å². The van der Waals surface area contributed by atoms with Crippen molar-refractivity contribution in [2.24, 2.45) is 0 Å². The van der Waals surface area contributed by atoms with Crippen LogP contribution in [0.5, 0.6) is 23.0 Å². The second-order valence-electron chi connectivity index (χ2n) is 7.89. The van der Waals surface area contributed by atoms with Crippen molar-refractivity contribution in [3.8, 4) is 44.8 Å². The summed E-state index contributed by atoms with van der Waals surface area (Å²) in [4.78, 5) is 17.3. The molecule has 1 atom stereocenters. The lowest BCUT2D eigenvalue weighted by molar-refractivity contribution is -0.130. The highest BCUT2D eigenvalue weighted by Crippen LogP contribution is 2.35. The molecule has 2 heterocycles. The van der Waals surface area contributed by atoms with E-state index in [1.165, 1.54) is 0 Å². The summed E-state index contributed by atoms with van der Waals surface area (Å²) in [6.07, 6.45) is -0.672. The van der Waals surface area contributed by atoms with Gasteiger partial charge in [0.25, 0.3) is 5.91 Å². The number of rotatable bonds is 7. The predicted molar refractivity (Wildman–Crippen MR) is 134 cm³/mol. The zero-order valence-electron chi connectivity index (χ0n) is 19.3. The van der Waals surface area contributed by atoms with Gasteiger partial charge in [-0.15, -0.1) is 11.3 Å². The molecule has 0 radical (unpaired) electrons. The molecule has 4 aromatic rings. The van der Waals surface area contributed by atoms with Crippen molar-refractivity contribution in [2.45, 2.75) is 12.6 Å². The molecular weight excluding hydrogens is 464 g/mol. The maximum absolute atomic E-state index is 12.6. The molecule has 0 fully saturated rings. The van der Waals surface area contributed by atoms with E-state index in [1.54, 1.807) is 31.6 Å². The first kappa shape index (κ1) is 22.7. The van der Waals surface area contributed by atoms with E-state index in [0.29, 0.717) is 29.5 Å². The van der Waals surface area contributed by atoms with Crippen LogP contribution in [0.3, 0.4) is 0 Å². The molecule has 1 amide bonds. The number of para-hydroxylation sites is 2. The van der Waals surface area contributed by atoms with Crippen LogP contribution in [0.2, 0.25) is 0 Å². The van der Waals surface area contributed by atoms with Crippen LogP contribution in [0, 0.1) is 0 Å². The van der Waals surface area contributed by atoms with Crippen LogP contribution in [0.25, 0.3) is 21.8 Å². The van der Waals surface area contributed by atoms with Gasteiger partial charge in [0.1, 0.15) is 11.6 Å². The number of methoxy groups -OCH3 is 2. The van der Waals surface area contributed by atoms with Crippen LogP contribution in [0.1, 0.15) is 5.56 Å². The van der Waals surface area contributed by atoms with Gasteiger partial charge in [-0.05, 0) is 35.9 Å². The van der Waals surface area contributed by atoms with Gasteiger partial charge in [0.15, 0.2) is 23.0 Å². The number of hydrogen-bond donors (Lipinski definition) is 1. The predicted octanol–water partition coefficient (Wildman–Crippen LogP) is 4.95. The zero-order valence-corrected chi connectivity index (χ0v) is 20.1. The van der Waals surface area contributed by atoms with Crippen LogP contribution in [-0.2, 0) is 11.3 Å². The summed E-state index contributed by atoms with van der Waals surface area (Å²) in [6, 6.07) is 21.1. The average molecular weight is 489 g/mol. The Kier molecular flexibility index (Phi) is 6.54. The van der Waals surface area contributed by atoms with Gasteiger partial charge < -0.3 is 24.3 Å². The lowest BCUT2D eigenvalue weighted by atomic mass is 10.1. The molecule has 8 heteroatoms. The maximum Gasteiger partial charge on any atom is 0.264 e. The highest BCUT2D eigenvalue weighted by Gasteiger charge is 2.26. The summed E-state index contributed by atoms with van der Waals surface area (Å²) in [5.41, 5.74) is 3.83. The first-order valence-corrected chi connectivity index (χ1v) is 12.0. The van der Waals surface area contributed by atoms with Crippen LogP contribution in [0.15, 0.2) is 72.1 Å². The van der Waals surface area contributed by atoms with E-state index in [1.807, 2.05) is 66.0 Å². The number of benzene rings is 3. The van der Waals surface area contributed by atoms with Crippen LogP contribution >= 0.6 is 11.3 Å². The number of nitrogens with one attached hydrogen (secondary N) is 1. The normalized spacial score (nSPS) is 14.3. The van der Waals surface area contributed by atoms with Crippen molar-refractivity contribution in [3.63, 3.8) is 0 Å². The van der Waals surface area contributed by atoms with Gasteiger partial charge in [0.2, 0.25) is 6.10 Å². The minimum Gasteiger partial charge on any atom is -0.493 e. The molecule has 0 aliphatic carbocycles. The summed E-state index contributed by atoms with van der Waals surface area (Å²) in [6.45, 7) is 0.587. The molecule has 7 nitrogen and oxygen atoms in total. The molecule has 1 N–H and O–H groups in total. The molecule has 1 aromatic heterocycles. The molecule has 1 unspecified atom stereocenters. The highest BCUT2D eigenvalue weighted by atomic mass is 32.1. The smallest absolute Gasteiger partial charge is 0.264 e. The van der Waals surface area contributed by atoms with Crippen molar-refractivity contribution in [1.82, 2.24) is 10.3 Å². The van der Waals surface area contributed by atoms with Crippen molar-refractivity contribution < 1.29 is 23.7 Å². The summed E-state index contributed by atoms with van der Waals surface area (Å²) >= 11 is 1.57. The zero-order chi connectivity index (χ0) is 24.2. The van der Waals surface area contributed by atoms with Gasteiger partial charge in [-0.25, -0.2) is 4.98 Å². The van der Waals surface area contributed by atoms with Gasteiger partial charge in [-0.2, -0.15) is 0 Å². The second-order valence-corrected chi connectivity index (χ2v) is 8.74. The molecular formula is C27H24N2O5S. The largest absolute Gasteiger partial charge is 0.493 e. The minimum atomic E-state index is -0.672. The number of hydrogen-bond acceptors (Lipinski definition) is 7. The Hall–Kier alpha value is -4.04. The van der Waals surface area contributed by atoms with Crippen molar-refractivity contribution >= 4 is 17.2 Å². The monoisotopic (exact) mass is 488 g/mol. The topological polar surface area (TPSA) is 78.9 Å². The number of carbonyl (C=O) groups excluding carboxylic acids is 1. The molecule has 0 spiro atoms. The average Bonchev–Trinajstić information content (AvgIpc) is 3.41. The van der Waals surface area contributed by atoms with E-state index in [4.69, 9.17) is 23.9 Å². The van der Waals surface area contributed by atoms with Crippen LogP contribution in [0.4, 0.5) is 0 Å². The Morgan fingerprint density at radius 3 is 2.51 bits per heavy atom. The number of aromatic nitrogens is 1. The third kappa shape index (κ3) is 4.93. The van der Waals surface area contributed by atoms with Gasteiger partial charge in [0.05, 0.1) is 19.9 Å². The molecule has 5 rings (SSSR count). The third-order valence-electron chi connectivity index (χ3n) is 5.65. The number of amides is 1. The molecule has 0 saturated heterocycles. The Labute approximate surface area is 207 Å².